The highest BCUT2D eigenvalue weighted by atomic mass is 127. The second-order valence-electron chi connectivity index (χ2n) is 4.92. The minimum Gasteiger partial charge on any atom is -0.356 e. The van der Waals surface area contributed by atoms with Crippen molar-refractivity contribution in [3.63, 3.8) is 0 Å². The van der Waals surface area contributed by atoms with Gasteiger partial charge in [0.1, 0.15) is 0 Å². The Morgan fingerprint density at radius 1 is 1.50 bits per heavy atom. The Morgan fingerprint density at radius 3 is 2.82 bits per heavy atom. The van der Waals surface area contributed by atoms with Crippen LogP contribution in [0.1, 0.15) is 10.6 Å². The molecule has 0 saturated carbocycles. The zero-order chi connectivity index (χ0) is 15.2. The number of guanidine groups is 1. The van der Waals surface area contributed by atoms with Crippen LogP contribution in [0.25, 0.3) is 0 Å². The van der Waals surface area contributed by atoms with Crippen LogP contribution < -0.4 is 5.32 Å². The van der Waals surface area contributed by atoms with Crippen molar-refractivity contribution in [1.29, 1.82) is 0 Å². The van der Waals surface area contributed by atoms with Crippen LogP contribution >= 0.6 is 46.9 Å². The number of aliphatic imine (C=N–C) groups is 1. The molecule has 2 aromatic rings. The molecular weight excluding hydrogens is 431 g/mol. The maximum Gasteiger partial charge on any atom is 0.193 e. The van der Waals surface area contributed by atoms with Gasteiger partial charge in [-0.15, -0.1) is 35.3 Å². The fourth-order valence-electron chi connectivity index (χ4n) is 2.18. The molecule has 4 nitrogen and oxygen atoms in total. The van der Waals surface area contributed by atoms with E-state index < -0.39 is 0 Å². The van der Waals surface area contributed by atoms with Crippen LogP contribution in [0.2, 0.25) is 5.02 Å². The van der Waals surface area contributed by atoms with Crippen molar-refractivity contribution < 1.29 is 0 Å². The molecule has 2 aromatic heterocycles. The molecule has 22 heavy (non-hydrogen) atoms. The molecule has 0 spiro atoms. The van der Waals surface area contributed by atoms with Crippen molar-refractivity contribution in [2.24, 2.45) is 12.0 Å². The van der Waals surface area contributed by atoms with Gasteiger partial charge < -0.3 is 14.8 Å². The second kappa shape index (κ2) is 9.42. The van der Waals surface area contributed by atoms with E-state index in [1.807, 2.05) is 38.0 Å². The topological polar surface area (TPSA) is 32.6 Å². The van der Waals surface area contributed by atoms with E-state index in [1.54, 1.807) is 11.3 Å². The zero-order valence-electron chi connectivity index (χ0n) is 13.0. The number of hydrogen-bond donors (Lipinski definition) is 1. The first kappa shape index (κ1) is 19.3. The Hall–Kier alpha value is -0.730. The van der Waals surface area contributed by atoms with Gasteiger partial charge in [0.2, 0.25) is 0 Å². The molecule has 0 atom stereocenters. The van der Waals surface area contributed by atoms with E-state index >= 15 is 0 Å². The SMILES string of the molecule is CN=C(NCCc1cccs1)N(C)Cc1cc(Cl)cn1C.I. The van der Waals surface area contributed by atoms with E-state index in [-0.39, 0.29) is 24.0 Å². The summed E-state index contributed by atoms with van der Waals surface area (Å²) in [6.45, 7) is 1.65. The molecule has 0 unspecified atom stereocenters. The van der Waals surface area contributed by atoms with Gasteiger partial charge in [-0.25, -0.2) is 0 Å². The minimum absolute atomic E-state index is 0. The van der Waals surface area contributed by atoms with Crippen LogP contribution in [-0.2, 0) is 20.0 Å². The standard InChI is InChI=1S/C15H21ClN4S.HI/c1-17-15(18-7-6-14-5-4-8-21-14)20(3)11-13-9-12(16)10-19(13)2;/h4-5,8-10H,6-7,11H2,1-3H3,(H,17,18);1H. The summed E-state index contributed by atoms with van der Waals surface area (Å²) in [5.74, 6) is 0.892. The molecule has 0 fully saturated rings. The number of thiophene rings is 1. The number of aryl methyl sites for hydroxylation is 1. The molecule has 0 bridgehead atoms. The Morgan fingerprint density at radius 2 is 2.27 bits per heavy atom. The van der Waals surface area contributed by atoms with Crippen molar-refractivity contribution in [1.82, 2.24) is 14.8 Å². The van der Waals surface area contributed by atoms with E-state index in [9.17, 15) is 0 Å². The van der Waals surface area contributed by atoms with Crippen LogP contribution in [0.5, 0.6) is 0 Å². The third-order valence-electron chi connectivity index (χ3n) is 3.28. The molecule has 0 aliphatic heterocycles. The molecule has 122 valence electrons. The fourth-order valence-corrected chi connectivity index (χ4v) is 3.16. The fraction of sp³-hybridized carbons (Fsp3) is 0.400. The molecular formula is C15H22ClIN4S. The number of nitrogens with zero attached hydrogens (tertiary/aromatic N) is 3. The summed E-state index contributed by atoms with van der Waals surface area (Å²) in [4.78, 5) is 7.81. The quantitative estimate of drug-likeness (QED) is 0.427. The Bertz CT molecular complexity index is 595. The van der Waals surface area contributed by atoms with Crippen LogP contribution in [-0.4, -0.2) is 36.1 Å². The zero-order valence-corrected chi connectivity index (χ0v) is 16.9. The maximum atomic E-state index is 6.02. The molecule has 1 N–H and O–H groups in total. The van der Waals surface area contributed by atoms with Crippen molar-refractivity contribution in [2.75, 3.05) is 20.6 Å². The highest BCUT2D eigenvalue weighted by Gasteiger charge is 2.09. The highest BCUT2D eigenvalue weighted by molar-refractivity contribution is 14.0. The van der Waals surface area contributed by atoms with Crippen molar-refractivity contribution in [3.8, 4) is 0 Å². The van der Waals surface area contributed by atoms with E-state index in [0.29, 0.717) is 0 Å². The predicted molar refractivity (Wildman–Crippen MR) is 107 cm³/mol. The molecule has 0 aliphatic carbocycles. The van der Waals surface area contributed by atoms with Crippen LogP contribution in [0.3, 0.4) is 0 Å². The average Bonchev–Trinajstić information content (AvgIpc) is 3.05. The smallest absolute Gasteiger partial charge is 0.193 e. The first-order valence-corrected chi connectivity index (χ1v) is 8.11. The van der Waals surface area contributed by atoms with Crippen LogP contribution in [0.4, 0.5) is 0 Å². The highest BCUT2D eigenvalue weighted by Crippen LogP contribution is 2.14. The third kappa shape index (κ3) is 5.48. The Labute approximate surface area is 158 Å². The summed E-state index contributed by atoms with van der Waals surface area (Å²) in [6.07, 6.45) is 2.93. The lowest BCUT2D eigenvalue weighted by atomic mass is 10.3. The summed E-state index contributed by atoms with van der Waals surface area (Å²) in [5, 5.41) is 6.27. The van der Waals surface area contributed by atoms with E-state index in [1.165, 1.54) is 4.88 Å². The van der Waals surface area contributed by atoms with Gasteiger partial charge in [-0.2, -0.15) is 0 Å². The molecule has 2 heterocycles. The monoisotopic (exact) mass is 452 g/mol. The minimum atomic E-state index is 0. The predicted octanol–water partition coefficient (Wildman–Crippen LogP) is 3.61. The average molecular weight is 453 g/mol. The molecule has 7 heteroatoms. The van der Waals surface area contributed by atoms with Crippen molar-refractivity contribution in [2.45, 2.75) is 13.0 Å². The summed E-state index contributed by atoms with van der Waals surface area (Å²) in [6, 6.07) is 6.22. The van der Waals surface area contributed by atoms with Gasteiger partial charge in [0.05, 0.1) is 11.6 Å². The number of hydrogen-bond acceptors (Lipinski definition) is 2. The number of nitrogens with one attached hydrogen (secondary N) is 1. The summed E-state index contributed by atoms with van der Waals surface area (Å²) in [5.41, 5.74) is 1.16. The largest absolute Gasteiger partial charge is 0.356 e. The molecule has 0 aliphatic rings. The van der Waals surface area contributed by atoms with Crippen LogP contribution in [0.15, 0.2) is 34.8 Å². The van der Waals surface area contributed by atoms with Gasteiger partial charge in [-0.05, 0) is 23.9 Å². The molecule has 2 rings (SSSR count). The molecule has 0 aromatic carbocycles. The first-order chi connectivity index (χ1) is 10.1. The van der Waals surface area contributed by atoms with Gasteiger partial charge in [0.15, 0.2) is 5.96 Å². The molecule has 0 amide bonds. The van der Waals surface area contributed by atoms with Gasteiger partial charge >= 0.3 is 0 Å². The normalized spacial score (nSPS) is 11.2. The lowest BCUT2D eigenvalue weighted by Crippen LogP contribution is -2.39. The number of aromatic nitrogens is 1. The van der Waals surface area contributed by atoms with Gasteiger partial charge in [0, 0.05) is 44.5 Å². The molecule has 0 radical (unpaired) electrons. The van der Waals surface area contributed by atoms with Crippen molar-refractivity contribution >= 4 is 52.9 Å². The summed E-state index contributed by atoms with van der Waals surface area (Å²) < 4.78 is 2.04. The lowest BCUT2D eigenvalue weighted by molar-refractivity contribution is 0.462. The van der Waals surface area contributed by atoms with Gasteiger partial charge in [-0.3, -0.25) is 4.99 Å². The Kier molecular flexibility index (Phi) is 8.27. The number of rotatable bonds is 5. The van der Waals surface area contributed by atoms with Crippen molar-refractivity contribution in [3.05, 3.63) is 45.4 Å². The van der Waals surface area contributed by atoms with Gasteiger partial charge in [-0.1, -0.05) is 17.7 Å². The van der Waals surface area contributed by atoms with E-state index in [0.717, 1.165) is 36.2 Å². The maximum absolute atomic E-state index is 6.02. The van der Waals surface area contributed by atoms with Crippen LogP contribution in [0, 0.1) is 0 Å². The van der Waals surface area contributed by atoms with E-state index in [4.69, 9.17) is 11.6 Å². The third-order valence-corrected chi connectivity index (χ3v) is 4.42. The summed E-state index contributed by atoms with van der Waals surface area (Å²) >= 11 is 7.81. The second-order valence-corrected chi connectivity index (χ2v) is 6.39. The van der Waals surface area contributed by atoms with E-state index in [2.05, 4.69) is 32.7 Å². The Balaban J connectivity index is 0.00000242. The lowest BCUT2D eigenvalue weighted by Gasteiger charge is -2.22. The summed E-state index contributed by atoms with van der Waals surface area (Å²) in [7, 11) is 5.84. The first-order valence-electron chi connectivity index (χ1n) is 6.85. The number of halogens is 2. The van der Waals surface area contributed by atoms with Gasteiger partial charge in [0.25, 0.3) is 0 Å². The molecule has 0 saturated heterocycles.